The fourth-order valence-electron chi connectivity index (χ4n) is 2.73. The molecule has 1 aromatic carbocycles. The standard InChI is InChI=1S/C15H21FN2O3S/c1-11(12-6-5-7-13(16)10-12)17-15(19)14-8-3-4-9-18(14)22(2,20)21/h5-7,10-11,14H,3-4,8-9H2,1-2H3,(H,17,19). The molecule has 1 aromatic rings. The molecule has 1 saturated heterocycles. The Bertz CT molecular complexity index is 648. The maximum atomic E-state index is 13.2. The van der Waals surface area contributed by atoms with Crippen LogP contribution < -0.4 is 5.32 Å². The summed E-state index contributed by atoms with van der Waals surface area (Å²) in [5, 5.41) is 2.78. The second kappa shape index (κ2) is 6.75. The molecule has 0 radical (unpaired) electrons. The average Bonchev–Trinajstić information content (AvgIpc) is 2.46. The first-order chi connectivity index (χ1) is 10.3. The third-order valence-corrected chi connectivity index (χ3v) is 5.18. The quantitative estimate of drug-likeness (QED) is 0.917. The lowest BCUT2D eigenvalue weighted by molar-refractivity contribution is -0.126. The average molecular weight is 328 g/mol. The van der Waals surface area contributed by atoms with E-state index in [0.717, 1.165) is 19.1 Å². The third-order valence-electron chi connectivity index (χ3n) is 3.89. The van der Waals surface area contributed by atoms with Crippen LogP contribution in [0.3, 0.4) is 0 Å². The molecule has 1 amide bonds. The van der Waals surface area contributed by atoms with Crippen LogP contribution in [0.25, 0.3) is 0 Å². The van der Waals surface area contributed by atoms with Crippen LogP contribution in [0.4, 0.5) is 4.39 Å². The Morgan fingerprint density at radius 2 is 2.14 bits per heavy atom. The van der Waals surface area contributed by atoms with Crippen LogP contribution in [0.1, 0.15) is 37.8 Å². The number of halogens is 1. The van der Waals surface area contributed by atoms with E-state index >= 15 is 0 Å². The zero-order chi connectivity index (χ0) is 16.3. The number of sulfonamides is 1. The highest BCUT2D eigenvalue weighted by molar-refractivity contribution is 7.88. The maximum Gasteiger partial charge on any atom is 0.238 e. The summed E-state index contributed by atoms with van der Waals surface area (Å²) in [5.41, 5.74) is 0.648. The van der Waals surface area contributed by atoms with Crippen LogP contribution in [-0.2, 0) is 14.8 Å². The van der Waals surface area contributed by atoms with E-state index in [0.29, 0.717) is 18.5 Å². The molecule has 0 aliphatic carbocycles. The minimum Gasteiger partial charge on any atom is -0.348 e. The largest absolute Gasteiger partial charge is 0.348 e. The molecular weight excluding hydrogens is 307 g/mol. The van der Waals surface area contributed by atoms with Gasteiger partial charge in [0.2, 0.25) is 15.9 Å². The van der Waals surface area contributed by atoms with Gasteiger partial charge in [0, 0.05) is 6.54 Å². The lowest BCUT2D eigenvalue weighted by Crippen LogP contribution is -2.51. The minimum atomic E-state index is -3.41. The molecule has 2 rings (SSSR count). The van der Waals surface area contributed by atoms with E-state index in [-0.39, 0.29) is 17.8 Å². The summed E-state index contributed by atoms with van der Waals surface area (Å²) in [7, 11) is -3.41. The molecule has 2 atom stereocenters. The Morgan fingerprint density at radius 1 is 1.41 bits per heavy atom. The molecule has 0 saturated carbocycles. The number of hydrogen-bond acceptors (Lipinski definition) is 3. The smallest absolute Gasteiger partial charge is 0.238 e. The molecule has 1 aliphatic heterocycles. The second-order valence-electron chi connectivity index (χ2n) is 5.67. The molecule has 1 heterocycles. The normalized spacial score (nSPS) is 21.3. The fourth-order valence-corrected chi connectivity index (χ4v) is 3.86. The van der Waals surface area contributed by atoms with Gasteiger partial charge < -0.3 is 5.32 Å². The van der Waals surface area contributed by atoms with Gasteiger partial charge in [-0.3, -0.25) is 4.79 Å². The van der Waals surface area contributed by atoms with Crippen molar-refractivity contribution in [3.63, 3.8) is 0 Å². The first kappa shape index (κ1) is 16.9. The number of nitrogens with zero attached hydrogens (tertiary/aromatic N) is 1. The summed E-state index contributed by atoms with van der Waals surface area (Å²) in [5.74, 6) is -0.698. The van der Waals surface area contributed by atoms with E-state index in [1.165, 1.54) is 16.4 Å². The number of piperidine rings is 1. The Kier molecular flexibility index (Phi) is 5.18. The van der Waals surface area contributed by atoms with Crippen molar-refractivity contribution in [3.8, 4) is 0 Å². The van der Waals surface area contributed by atoms with E-state index in [1.807, 2.05) is 0 Å². The molecular formula is C15H21FN2O3S. The molecule has 1 N–H and O–H groups in total. The van der Waals surface area contributed by atoms with Crippen LogP contribution in [0.15, 0.2) is 24.3 Å². The number of carbonyl (C=O) groups excluding carboxylic acids is 1. The van der Waals surface area contributed by atoms with Gasteiger partial charge in [0.15, 0.2) is 0 Å². The van der Waals surface area contributed by atoms with Crippen molar-refractivity contribution < 1.29 is 17.6 Å². The van der Waals surface area contributed by atoms with Crippen molar-refractivity contribution in [1.29, 1.82) is 0 Å². The Hall–Kier alpha value is -1.47. The van der Waals surface area contributed by atoms with Crippen molar-refractivity contribution in [1.82, 2.24) is 9.62 Å². The predicted molar refractivity (Wildman–Crippen MR) is 82.1 cm³/mol. The van der Waals surface area contributed by atoms with Gasteiger partial charge in [-0.1, -0.05) is 18.6 Å². The first-order valence-corrected chi connectivity index (χ1v) is 9.16. The van der Waals surface area contributed by atoms with Gasteiger partial charge in [0.25, 0.3) is 0 Å². The highest BCUT2D eigenvalue weighted by atomic mass is 32.2. The molecule has 5 nitrogen and oxygen atoms in total. The molecule has 7 heteroatoms. The van der Waals surface area contributed by atoms with Gasteiger partial charge in [-0.05, 0) is 37.5 Å². The summed E-state index contributed by atoms with van der Waals surface area (Å²) in [4.78, 5) is 12.4. The van der Waals surface area contributed by atoms with Gasteiger partial charge in [0.1, 0.15) is 11.9 Å². The Morgan fingerprint density at radius 3 is 2.77 bits per heavy atom. The van der Waals surface area contributed by atoms with E-state index in [1.54, 1.807) is 19.1 Å². The van der Waals surface area contributed by atoms with Crippen molar-refractivity contribution in [2.75, 3.05) is 12.8 Å². The monoisotopic (exact) mass is 328 g/mol. The predicted octanol–water partition coefficient (Wildman–Crippen LogP) is 1.82. The van der Waals surface area contributed by atoms with Gasteiger partial charge in [-0.2, -0.15) is 4.31 Å². The summed E-state index contributed by atoms with van der Waals surface area (Å²) in [6, 6.07) is 4.94. The van der Waals surface area contributed by atoms with Crippen molar-refractivity contribution in [2.45, 2.75) is 38.3 Å². The highest BCUT2D eigenvalue weighted by Crippen LogP contribution is 2.21. The van der Waals surface area contributed by atoms with Crippen LogP contribution in [0.2, 0.25) is 0 Å². The van der Waals surface area contributed by atoms with E-state index in [9.17, 15) is 17.6 Å². The molecule has 22 heavy (non-hydrogen) atoms. The SMILES string of the molecule is CC(NC(=O)C1CCCCN1S(C)(=O)=O)c1cccc(F)c1. The maximum absolute atomic E-state index is 13.2. The summed E-state index contributed by atoms with van der Waals surface area (Å²) in [6.45, 7) is 2.12. The van der Waals surface area contributed by atoms with Crippen molar-refractivity contribution in [3.05, 3.63) is 35.6 Å². The second-order valence-corrected chi connectivity index (χ2v) is 7.61. The number of rotatable bonds is 4. The number of hydrogen-bond donors (Lipinski definition) is 1. The molecule has 1 aliphatic rings. The van der Waals surface area contributed by atoms with Crippen LogP contribution >= 0.6 is 0 Å². The van der Waals surface area contributed by atoms with Gasteiger partial charge in [0.05, 0.1) is 12.3 Å². The van der Waals surface area contributed by atoms with Crippen molar-refractivity contribution in [2.24, 2.45) is 0 Å². The topological polar surface area (TPSA) is 66.5 Å². The van der Waals surface area contributed by atoms with Crippen molar-refractivity contribution >= 4 is 15.9 Å². The summed E-state index contributed by atoms with van der Waals surface area (Å²) >= 11 is 0. The van der Waals surface area contributed by atoms with Crippen LogP contribution in [-0.4, -0.2) is 37.5 Å². The molecule has 1 fully saturated rings. The van der Waals surface area contributed by atoms with Gasteiger partial charge in [-0.15, -0.1) is 0 Å². The minimum absolute atomic E-state index is 0.332. The summed E-state index contributed by atoms with van der Waals surface area (Å²) < 4.78 is 38.1. The fraction of sp³-hybridized carbons (Fsp3) is 0.533. The lowest BCUT2D eigenvalue weighted by atomic mass is 10.0. The molecule has 0 aromatic heterocycles. The number of nitrogens with one attached hydrogen (secondary N) is 1. The Balaban J connectivity index is 2.10. The summed E-state index contributed by atoms with van der Waals surface area (Å²) in [6.07, 6.45) is 3.21. The number of amides is 1. The zero-order valence-electron chi connectivity index (χ0n) is 12.8. The number of carbonyl (C=O) groups is 1. The molecule has 2 unspecified atom stereocenters. The van der Waals surface area contributed by atoms with E-state index in [2.05, 4.69) is 5.32 Å². The zero-order valence-corrected chi connectivity index (χ0v) is 13.6. The molecule has 122 valence electrons. The number of benzene rings is 1. The van der Waals surface area contributed by atoms with Gasteiger partial charge >= 0.3 is 0 Å². The molecule has 0 spiro atoms. The Labute approximate surface area is 130 Å². The van der Waals surface area contributed by atoms with E-state index < -0.39 is 16.1 Å². The van der Waals surface area contributed by atoms with Crippen LogP contribution in [0.5, 0.6) is 0 Å². The first-order valence-electron chi connectivity index (χ1n) is 7.31. The van der Waals surface area contributed by atoms with Crippen LogP contribution in [0, 0.1) is 5.82 Å². The third kappa shape index (κ3) is 4.04. The van der Waals surface area contributed by atoms with E-state index in [4.69, 9.17) is 0 Å². The van der Waals surface area contributed by atoms with Gasteiger partial charge in [-0.25, -0.2) is 12.8 Å². The lowest BCUT2D eigenvalue weighted by Gasteiger charge is -2.33. The molecule has 0 bridgehead atoms. The highest BCUT2D eigenvalue weighted by Gasteiger charge is 2.34.